The summed E-state index contributed by atoms with van der Waals surface area (Å²) in [6, 6.07) is 3.41. The fraction of sp³-hybridized carbons (Fsp3) is 0.308. The van der Waals surface area contributed by atoms with Crippen LogP contribution < -0.4 is 0 Å². The Kier molecular flexibility index (Phi) is 3.94. The van der Waals surface area contributed by atoms with Gasteiger partial charge in [0.05, 0.1) is 5.56 Å². The minimum atomic E-state index is -4.47. The van der Waals surface area contributed by atoms with Crippen LogP contribution in [0.15, 0.2) is 24.3 Å². The molecule has 1 aromatic rings. The van der Waals surface area contributed by atoms with Gasteiger partial charge in [-0.1, -0.05) is 17.7 Å². The number of benzene rings is 1. The zero-order valence-corrected chi connectivity index (χ0v) is 11.0. The first kappa shape index (κ1) is 14.7. The molecule has 2 rings (SSSR count). The van der Waals surface area contributed by atoms with Crippen LogP contribution in [0.3, 0.4) is 0 Å². The van der Waals surface area contributed by atoms with E-state index in [-0.39, 0.29) is 30.1 Å². The van der Waals surface area contributed by atoms with E-state index >= 15 is 0 Å². The number of amides is 1. The number of halogens is 4. The van der Waals surface area contributed by atoms with Crippen LogP contribution in [0.4, 0.5) is 18.0 Å². The minimum Gasteiger partial charge on any atom is -0.465 e. The molecule has 1 heterocycles. The first-order valence-corrected chi connectivity index (χ1v) is 6.21. The molecule has 0 aromatic heterocycles. The Labute approximate surface area is 118 Å². The molecule has 0 aliphatic carbocycles. The van der Waals surface area contributed by atoms with E-state index < -0.39 is 17.8 Å². The lowest BCUT2D eigenvalue weighted by atomic mass is 9.94. The lowest BCUT2D eigenvalue weighted by Crippen LogP contribution is -2.33. The predicted molar refractivity (Wildman–Crippen MR) is 68.6 cm³/mol. The van der Waals surface area contributed by atoms with Gasteiger partial charge in [-0.25, -0.2) is 4.79 Å². The van der Waals surface area contributed by atoms with E-state index in [1.54, 1.807) is 0 Å². The lowest BCUT2D eigenvalue weighted by molar-refractivity contribution is -0.137. The van der Waals surface area contributed by atoms with Gasteiger partial charge in [-0.15, -0.1) is 0 Å². The third-order valence-electron chi connectivity index (χ3n) is 3.11. The summed E-state index contributed by atoms with van der Waals surface area (Å²) in [6.07, 6.45) is -3.82. The number of carbonyl (C=O) groups is 1. The average Bonchev–Trinajstić information content (AvgIpc) is 2.37. The largest absolute Gasteiger partial charge is 0.465 e. The van der Waals surface area contributed by atoms with Crippen LogP contribution >= 0.6 is 11.6 Å². The maximum atomic E-state index is 13.0. The molecule has 0 saturated carbocycles. The normalized spacial score (nSPS) is 16.0. The summed E-state index contributed by atoms with van der Waals surface area (Å²) in [4.78, 5) is 11.9. The van der Waals surface area contributed by atoms with Crippen molar-refractivity contribution in [2.45, 2.75) is 12.6 Å². The molecular formula is C13H11ClF3NO2. The van der Waals surface area contributed by atoms with Crippen LogP contribution in [0.1, 0.15) is 17.5 Å². The smallest absolute Gasteiger partial charge is 0.416 e. The maximum absolute atomic E-state index is 13.0. The van der Waals surface area contributed by atoms with Crippen molar-refractivity contribution < 1.29 is 23.1 Å². The SMILES string of the molecule is O=C(O)N1CC=C(c2cc(Cl)ccc2C(F)(F)F)CC1. The minimum absolute atomic E-state index is 0.0232. The van der Waals surface area contributed by atoms with E-state index in [4.69, 9.17) is 16.7 Å². The Morgan fingerprint density at radius 2 is 2.05 bits per heavy atom. The molecule has 1 aliphatic rings. The van der Waals surface area contributed by atoms with E-state index in [2.05, 4.69) is 0 Å². The number of alkyl halides is 3. The molecule has 0 radical (unpaired) electrons. The van der Waals surface area contributed by atoms with E-state index in [9.17, 15) is 18.0 Å². The highest BCUT2D eigenvalue weighted by Gasteiger charge is 2.34. The zero-order valence-electron chi connectivity index (χ0n) is 10.2. The molecule has 108 valence electrons. The molecule has 0 unspecified atom stereocenters. The third-order valence-corrected chi connectivity index (χ3v) is 3.35. The van der Waals surface area contributed by atoms with Crippen LogP contribution in [0.25, 0.3) is 5.57 Å². The summed E-state index contributed by atoms with van der Waals surface area (Å²) in [7, 11) is 0. The first-order chi connectivity index (χ1) is 9.29. The summed E-state index contributed by atoms with van der Waals surface area (Å²) in [5.74, 6) is 0. The second kappa shape index (κ2) is 5.36. The van der Waals surface area contributed by atoms with Crippen LogP contribution in [0.5, 0.6) is 0 Å². The topological polar surface area (TPSA) is 40.5 Å². The Bertz CT molecular complexity index is 569. The summed E-state index contributed by atoms with van der Waals surface area (Å²) in [6.45, 7) is 0.249. The molecule has 1 aliphatic heterocycles. The molecule has 1 aromatic carbocycles. The molecule has 0 bridgehead atoms. The highest BCUT2D eigenvalue weighted by Crippen LogP contribution is 2.37. The highest BCUT2D eigenvalue weighted by molar-refractivity contribution is 6.30. The van der Waals surface area contributed by atoms with Crippen LogP contribution in [0.2, 0.25) is 5.02 Å². The average molecular weight is 306 g/mol. The van der Waals surface area contributed by atoms with Crippen molar-refractivity contribution >= 4 is 23.3 Å². The molecule has 20 heavy (non-hydrogen) atoms. The van der Waals surface area contributed by atoms with Gasteiger partial charge in [-0.3, -0.25) is 0 Å². The summed E-state index contributed by atoms with van der Waals surface area (Å²) < 4.78 is 38.9. The number of rotatable bonds is 1. The second-order valence-electron chi connectivity index (χ2n) is 4.40. The number of carboxylic acid groups (broad SMARTS) is 1. The fourth-order valence-corrected chi connectivity index (χ4v) is 2.29. The maximum Gasteiger partial charge on any atom is 0.416 e. The monoisotopic (exact) mass is 305 g/mol. The summed E-state index contributed by atoms with van der Waals surface area (Å²) in [5, 5.41) is 9.04. The molecular weight excluding hydrogens is 295 g/mol. The van der Waals surface area contributed by atoms with Crippen molar-refractivity contribution in [1.29, 1.82) is 0 Å². The highest BCUT2D eigenvalue weighted by atomic mass is 35.5. The molecule has 0 atom stereocenters. The van der Waals surface area contributed by atoms with E-state index in [0.717, 1.165) is 11.0 Å². The third kappa shape index (κ3) is 3.07. The van der Waals surface area contributed by atoms with Crippen molar-refractivity contribution in [2.24, 2.45) is 0 Å². The lowest BCUT2D eigenvalue weighted by Gasteiger charge is -2.25. The van der Waals surface area contributed by atoms with E-state index in [0.29, 0.717) is 5.57 Å². The zero-order chi connectivity index (χ0) is 14.9. The number of hydrogen-bond acceptors (Lipinski definition) is 1. The number of hydrogen-bond donors (Lipinski definition) is 1. The fourth-order valence-electron chi connectivity index (χ4n) is 2.12. The Morgan fingerprint density at radius 3 is 2.55 bits per heavy atom. The summed E-state index contributed by atoms with van der Waals surface area (Å²) >= 11 is 5.77. The van der Waals surface area contributed by atoms with Gasteiger partial charge in [-0.2, -0.15) is 13.2 Å². The van der Waals surface area contributed by atoms with Crippen molar-refractivity contribution in [1.82, 2.24) is 4.90 Å². The van der Waals surface area contributed by atoms with Crippen molar-refractivity contribution in [3.05, 3.63) is 40.4 Å². The van der Waals surface area contributed by atoms with Gasteiger partial charge in [-0.05, 0) is 35.8 Å². The van der Waals surface area contributed by atoms with Crippen LogP contribution in [0, 0.1) is 0 Å². The van der Waals surface area contributed by atoms with Gasteiger partial charge in [0.1, 0.15) is 0 Å². The molecule has 7 heteroatoms. The Morgan fingerprint density at radius 1 is 1.35 bits per heavy atom. The molecule has 0 fully saturated rings. The van der Waals surface area contributed by atoms with Gasteiger partial charge in [0, 0.05) is 18.1 Å². The van der Waals surface area contributed by atoms with E-state index in [1.807, 2.05) is 0 Å². The van der Waals surface area contributed by atoms with E-state index in [1.165, 1.54) is 18.2 Å². The standard InChI is InChI=1S/C13H11ClF3NO2/c14-9-1-2-11(13(15,16)17)10(7-9)8-3-5-18(6-4-8)12(19)20/h1-3,7H,4-6H2,(H,19,20). The van der Waals surface area contributed by atoms with Crippen molar-refractivity contribution in [2.75, 3.05) is 13.1 Å². The predicted octanol–water partition coefficient (Wildman–Crippen LogP) is 4.13. The Hall–Kier alpha value is -1.69. The van der Waals surface area contributed by atoms with Crippen molar-refractivity contribution in [3.8, 4) is 0 Å². The van der Waals surface area contributed by atoms with Gasteiger partial charge in [0.25, 0.3) is 0 Å². The second-order valence-corrected chi connectivity index (χ2v) is 4.83. The number of nitrogens with zero attached hydrogens (tertiary/aromatic N) is 1. The molecule has 0 saturated heterocycles. The molecule has 1 amide bonds. The quantitative estimate of drug-likeness (QED) is 0.847. The summed E-state index contributed by atoms with van der Waals surface area (Å²) in [5.41, 5.74) is -0.260. The molecule has 3 nitrogen and oxygen atoms in total. The van der Waals surface area contributed by atoms with Gasteiger partial charge >= 0.3 is 12.3 Å². The molecule has 0 spiro atoms. The van der Waals surface area contributed by atoms with Crippen LogP contribution in [-0.4, -0.2) is 29.2 Å². The van der Waals surface area contributed by atoms with Gasteiger partial charge in [0.2, 0.25) is 0 Å². The van der Waals surface area contributed by atoms with Gasteiger partial charge in [0.15, 0.2) is 0 Å². The van der Waals surface area contributed by atoms with Crippen LogP contribution in [-0.2, 0) is 6.18 Å². The Balaban J connectivity index is 2.38. The van der Waals surface area contributed by atoms with Crippen molar-refractivity contribution in [3.63, 3.8) is 0 Å². The first-order valence-electron chi connectivity index (χ1n) is 5.83. The molecule has 1 N–H and O–H groups in total. The van der Waals surface area contributed by atoms with Gasteiger partial charge < -0.3 is 10.0 Å².